The fourth-order valence-electron chi connectivity index (χ4n) is 3.25. The lowest BCUT2D eigenvalue weighted by molar-refractivity contribution is 0.0531. The van der Waals surface area contributed by atoms with Gasteiger partial charge in [0.1, 0.15) is 10.6 Å². The topological polar surface area (TPSA) is 115 Å². The summed E-state index contributed by atoms with van der Waals surface area (Å²) in [6.07, 6.45) is 5.03. The van der Waals surface area contributed by atoms with Crippen LogP contribution in [0.5, 0.6) is 0 Å². The van der Waals surface area contributed by atoms with Gasteiger partial charge in [0.15, 0.2) is 17.3 Å². The Morgan fingerprint density at radius 1 is 1.34 bits per heavy atom. The van der Waals surface area contributed by atoms with Crippen LogP contribution in [0.4, 0.5) is 11.1 Å². The first-order chi connectivity index (χ1) is 14.1. The van der Waals surface area contributed by atoms with Crippen LogP contribution in [-0.2, 0) is 4.74 Å². The van der Waals surface area contributed by atoms with E-state index in [9.17, 15) is 4.79 Å². The lowest BCUT2D eigenvalue weighted by Crippen LogP contribution is -2.27. The maximum Gasteiger partial charge on any atom is 0.350 e. The molecule has 0 amide bonds. The zero-order valence-corrected chi connectivity index (χ0v) is 17.1. The molecule has 9 nitrogen and oxygen atoms in total. The van der Waals surface area contributed by atoms with Gasteiger partial charge in [0, 0.05) is 11.6 Å². The van der Waals surface area contributed by atoms with E-state index in [1.165, 1.54) is 17.7 Å². The van der Waals surface area contributed by atoms with Gasteiger partial charge in [0.25, 0.3) is 0 Å². The summed E-state index contributed by atoms with van der Waals surface area (Å²) in [5.41, 5.74) is 2.22. The monoisotopic (exact) mass is 414 g/mol. The zero-order valence-electron chi connectivity index (χ0n) is 16.3. The number of anilines is 2. The van der Waals surface area contributed by atoms with Gasteiger partial charge >= 0.3 is 5.97 Å². The normalized spacial score (nSPS) is 14.7. The maximum atomic E-state index is 12.1. The molecular weight excluding hydrogens is 392 g/mol. The van der Waals surface area contributed by atoms with Gasteiger partial charge in [0.05, 0.1) is 18.5 Å². The first-order valence-electron chi connectivity index (χ1n) is 9.54. The molecule has 29 heavy (non-hydrogen) atoms. The Morgan fingerprint density at radius 2 is 2.17 bits per heavy atom. The van der Waals surface area contributed by atoms with Gasteiger partial charge in [-0.25, -0.2) is 24.7 Å². The molecule has 0 spiro atoms. The highest BCUT2D eigenvalue weighted by Crippen LogP contribution is 2.30. The molecule has 152 valence electrons. The lowest BCUT2D eigenvalue weighted by atomic mass is 9.94. The number of carbonyl (C=O) groups is 1. The number of aromatic nitrogens is 4. The van der Waals surface area contributed by atoms with Crippen molar-refractivity contribution < 1.29 is 13.9 Å². The molecule has 0 aliphatic carbocycles. The Balaban J connectivity index is 1.65. The maximum absolute atomic E-state index is 12.1. The van der Waals surface area contributed by atoms with Gasteiger partial charge in [-0.1, -0.05) is 11.3 Å². The summed E-state index contributed by atoms with van der Waals surface area (Å²) in [5.74, 6) is 0.960. The van der Waals surface area contributed by atoms with Crippen LogP contribution in [-0.4, -0.2) is 45.6 Å². The Hall–Kier alpha value is -2.85. The van der Waals surface area contributed by atoms with E-state index in [2.05, 4.69) is 25.6 Å². The average Bonchev–Trinajstić information content (AvgIpc) is 3.39. The molecule has 4 heterocycles. The van der Waals surface area contributed by atoms with E-state index in [1.807, 2.05) is 6.07 Å². The number of carbonyl (C=O) groups excluding carboxylic acids is 1. The number of aryl methyl sites for hydroxylation is 1. The van der Waals surface area contributed by atoms with Crippen molar-refractivity contribution >= 4 is 28.4 Å². The van der Waals surface area contributed by atoms with Crippen molar-refractivity contribution in [2.75, 3.05) is 25.0 Å². The van der Waals surface area contributed by atoms with Crippen LogP contribution >= 0.6 is 11.3 Å². The molecule has 0 atom stereocenters. The van der Waals surface area contributed by atoms with Crippen LogP contribution in [0.15, 0.2) is 23.1 Å². The van der Waals surface area contributed by atoms with Crippen molar-refractivity contribution in [3.05, 3.63) is 34.9 Å². The number of oxazole rings is 1. The fourth-order valence-corrected chi connectivity index (χ4v) is 4.10. The summed E-state index contributed by atoms with van der Waals surface area (Å²) >= 11 is 1.22. The van der Waals surface area contributed by atoms with Crippen molar-refractivity contribution in [2.24, 2.45) is 0 Å². The summed E-state index contributed by atoms with van der Waals surface area (Å²) in [6, 6.07) is 1.96. The van der Waals surface area contributed by atoms with Crippen LogP contribution in [0.3, 0.4) is 0 Å². The molecule has 4 rings (SSSR count). The van der Waals surface area contributed by atoms with Crippen LogP contribution in [0.2, 0.25) is 0 Å². The van der Waals surface area contributed by atoms with E-state index in [0.717, 1.165) is 31.6 Å². The predicted octanol–water partition coefficient (Wildman–Crippen LogP) is 3.28. The number of hydrogen-bond donors (Lipinski definition) is 2. The number of piperidine rings is 1. The molecule has 1 aliphatic heterocycles. The molecule has 1 saturated heterocycles. The molecule has 1 aliphatic rings. The highest BCUT2D eigenvalue weighted by Gasteiger charge is 2.21. The summed E-state index contributed by atoms with van der Waals surface area (Å²) < 4.78 is 10.5. The minimum Gasteiger partial charge on any atom is -0.462 e. The van der Waals surface area contributed by atoms with Crippen molar-refractivity contribution in [3.8, 4) is 11.5 Å². The van der Waals surface area contributed by atoms with Crippen molar-refractivity contribution in [1.29, 1.82) is 0 Å². The average molecular weight is 414 g/mol. The Bertz CT molecular complexity index is 982. The van der Waals surface area contributed by atoms with Gasteiger partial charge in [-0.3, -0.25) is 5.32 Å². The van der Waals surface area contributed by atoms with Crippen molar-refractivity contribution in [1.82, 2.24) is 25.3 Å². The standard InChI is InChI=1S/C19H22N6O3S/c1-3-27-17(26)16-11(2)22-19(29-16)25-18-23-13(12-4-6-20-7-5-12)8-14(24-18)15-9-21-10-28-15/h8-10,12,20H,3-7H2,1-2H3,(H,22,23,24,25). The second kappa shape index (κ2) is 8.66. The molecule has 0 aromatic carbocycles. The number of esters is 1. The molecule has 0 unspecified atom stereocenters. The van der Waals surface area contributed by atoms with E-state index in [4.69, 9.17) is 14.1 Å². The first kappa shape index (κ1) is 19.5. The third kappa shape index (κ3) is 4.43. The van der Waals surface area contributed by atoms with Gasteiger partial charge in [0.2, 0.25) is 5.95 Å². The first-order valence-corrected chi connectivity index (χ1v) is 10.4. The number of ether oxygens (including phenoxy) is 1. The fraction of sp³-hybridized carbons (Fsp3) is 0.421. The van der Waals surface area contributed by atoms with E-state index in [1.54, 1.807) is 20.0 Å². The molecule has 3 aromatic heterocycles. The molecule has 3 aromatic rings. The van der Waals surface area contributed by atoms with Gasteiger partial charge in [-0.15, -0.1) is 0 Å². The van der Waals surface area contributed by atoms with Crippen molar-refractivity contribution in [3.63, 3.8) is 0 Å². The summed E-state index contributed by atoms with van der Waals surface area (Å²) in [5, 5.41) is 7.05. The summed E-state index contributed by atoms with van der Waals surface area (Å²) in [7, 11) is 0. The van der Waals surface area contributed by atoms with Crippen LogP contribution in [0.1, 0.15) is 46.7 Å². The van der Waals surface area contributed by atoms with E-state index < -0.39 is 0 Å². The molecule has 10 heteroatoms. The minimum atomic E-state index is -0.373. The van der Waals surface area contributed by atoms with Crippen LogP contribution < -0.4 is 10.6 Å². The number of hydrogen-bond acceptors (Lipinski definition) is 10. The predicted molar refractivity (Wildman–Crippen MR) is 108 cm³/mol. The summed E-state index contributed by atoms with van der Waals surface area (Å²) in [4.78, 5) is 30.2. The smallest absolute Gasteiger partial charge is 0.350 e. The third-order valence-electron chi connectivity index (χ3n) is 4.66. The molecule has 2 N–H and O–H groups in total. The molecule has 0 saturated carbocycles. The number of rotatable bonds is 6. The van der Waals surface area contributed by atoms with Gasteiger partial charge < -0.3 is 14.5 Å². The van der Waals surface area contributed by atoms with Crippen LogP contribution in [0, 0.1) is 6.92 Å². The van der Waals surface area contributed by atoms with Gasteiger partial charge in [-0.05, 0) is 45.8 Å². The second-order valence-corrected chi connectivity index (χ2v) is 7.67. The quantitative estimate of drug-likeness (QED) is 0.586. The molecular formula is C19H22N6O3S. The van der Waals surface area contributed by atoms with E-state index in [0.29, 0.717) is 45.6 Å². The lowest BCUT2D eigenvalue weighted by Gasteiger charge is -2.22. The number of nitrogens with one attached hydrogen (secondary N) is 2. The second-order valence-electron chi connectivity index (χ2n) is 6.67. The summed E-state index contributed by atoms with van der Waals surface area (Å²) in [6.45, 7) is 5.80. The third-order valence-corrected chi connectivity index (χ3v) is 5.72. The van der Waals surface area contributed by atoms with Gasteiger partial charge in [-0.2, -0.15) is 0 Å². The van der Waals surface area contributed by atoms with E-state index >= 15 is 0 Å². The largest absolute Gasteiger partial charge is 0.462 e. The molecule has 1 fully saturated rings. The molecule has 0 radical (unpaired) electrons. The SMILES string of the molecule is CCOC(=O)c1sc(Nc2nc(-c3cnco3)cc(C3CCNCC3)n2)nc1C. The highest BCUT2D eigenvalue weighted by atomic mass is 32.1. The number of nitrogens with zero attached hydrogens (tertiary/aromatic N) is 4. The van der Waals surface area contributed by atoms with Crippen molar-refractivity contribution in [2.45, 2.75) is 32.6 Å². The zero-order chi connectivity index (χ0) is 20.2. The minimum absolute atomic E-state index is 0.320. The Morgan fingerprint density at radius 3 is 2.90 bits per heavy atom. The molecule has 0 bridgehead atoms. The number of thiazole rings is 1. The highest BCUT2D eigenvalue weighted by molar-refractivity contribution is 7.17. The van der Waals surface area contributed by atoms with Crippen LogP contribution in [0.25, 0.3) is 11.5 Å². The Labute approximate surface area is 172 Å². The van der Waals surface area contributed by atoms with E-state index in [-0.39, 0.29) is 5.97 Å². The Kier molecular flexibility index (Phi) is 5.81.